The molecule has 0 aromatic heterocycles. The van der Waals surface area contributed by atoms with Gasteiger partial charge in [0.1, 0.15) is 0 Å². The minimum absolute atomic E-state index is 0.0152. The van der Waals surface area contributed by atoms with Gasteiger partial charge in [-0.05, 0) is 26.3 Å². The summed E-state index contributed by atoms with van der Waals surface area (Å²) in [6.45, 7) is 4.06. The van der Waals surface area contributed by atoms with Gasteiger partial charge in [0.15, 0.2) is 0 Å². The van der Waals surface area contributed by atoms with Gasteiger partial charge in [-0.1, -0.05) is 12.8 Å². The molecule has 0 aromatic carbocycles. The Bertz CT molecular complexity index is 197. The van der Waals surface area contributed by atoms with E-state index in [2.05, 4.69) is 17.1 Å². The topological polar surface area (TPSA) is 52.6 Å². The van der Waals surface area contributed by atoms with Crippen LogP contribution in [0.5, 0.6) is 0 Å². The number of nitrogens with one attached hydrogen (secondary N) is 1. The van der Waals surface area contributed by atoms with Gasteiger partial charge in [0.25, 0.3) is 0 Å². The number of nitrogens with zero attached hydrogens (tertiary/aromatic N) is 1. The first-order valence-corrected chi connectivity index (χ1v) is 5.85. The predicted molar refractivity (Wildman–Crippen MR) is 59.6 cm³/mol. The summed E-state index contributed by atoms with van der Waals surface area (Å²) in [6, 6.07) is 0.507. The van der Waals surface area contributed by atoms with Crippen molar-refractivity contribution in [2.45, 2.75) is 38.6 Å². The average molecular weight is 214 g/mol. The highest BCUT2D eigenvalue weighted by molar-refractivity contribution is 5.78. The standard InChI is InChI=1S/C11H22N2O2/c1-10-5-3-2-4-7-13(10)9-11(15)12-6-8-14/h10,14H,2-9H2,1H3,(H,12,15). The van der Waals surface area contributed by atoms with Gasteiger partial charge in [-0.2, -0.15) is 0 Å². The van der Waals surface area contributed by atoms with Crippen molar-refractivity contribution < 1.29 is 9.90 Å². The fourth-order valence-electron chi connectivity index (χ4n) is 2.00. The van der Waals surface area contributed by atoms with E-state index in [0.29, 0.717) is 19.1 Å². The van der Waals surface area contributed by atoms with Crippen molar-refractivity contribution in [3.63, 3.8) is 0 Å². The van der Waals surface area contributed by atoms with Crippen LogP contribution in [-0.2, 0) is 4.79 Å². The van der Waals surface area contributed by atoms with Gasteiger partial charge in [0.05, 0.1) is 13.2 Å². The van der Waals surface area contributed by atoms with E-state index in [1.54, 1.807) is 0 Å². The number of hydrogen-bond acceptors (Lipinski definition) is 3. The van der Waals surface area contributed by atoms with Crippen LogP contribution in [0.2, 0.25) is 0 Å². The Balaban J connectivity index is 2.30. The second-order valence-electron chi connectivity index (χ2n) is 4.24. The van der Waals surface area contributed by atoms with Crippen LogP contribution in [-0.4, -0.2) is 48.2 Å². The van der Waals surface area contributed by atoms with E-state index < -0.39 is 0 Å². The molecule has 1 aliphatic rings. The fraction of sp³-hybridized carbons (Fsp3) is 0.909. The fourth-order valence-corrected chi connectivity index (χ4v) is 2.00. The third kappa shape index (κ3) is 4.62. The minimum Gasteiger partial charge on any atom is -0.395 e. The van der Waals surface area contributed by atoms with Crippen LogP contribution in [0.4, 0.5) is 0 Å². The molecular weight excluding hydrogens is 192 g/mol. The zero-order chi connectivity index (χ0) is 11.1. The summed E-state index contributed by atoms with van der Waals surface area (Å²) >= 11 is 0. The first-order valence-electron chi connectivity index (χ1n) is 5.85. The Morgan fingerprint density at radius 3 is 3.00 bits per heavy atom. The lowest BCUT2D eigenvalue weighted by Crippen LogP contribution is -2.42. The highest BCUT2D eigenvalue weighted by atomic mass is 16.3. The maximum Gasteiger partial charge on any atom is 0.234 e. The van der Waals surface area contributed by atoms with Gasteiger partial charge < -0.3 is 10.4 Å². The molecule has 15 heavy (non-hydrogen) atoms. The molecular formula is C11H22N2O2. The molecule has 1 heterocycles. The van der Waals surface area contributed by atoms with Crippen molar-refractivity contribution in [1.29, 1.82) is 0 Å². The van der Waals surface area contributed by atoms with Crippen molar-refractivity contribution >= 4 is 5.91 Å². The van der Waals surface area contributed by atoms with Gasteiger partial charge in [-0.15, -0.1) is 0 Å². The molecule has 2 N–H and O–H groups in total. The maximum atomic E-state index is 11.5. The van der Waals surface area contributed by atoms with E-state index in [1.807, 2.05) is 0 Å². The van der Waals surface area contributed by atoms with E-state index in [1.165, 1.54) is 25.7 Å². The number of rotatable bonds is 4. The van der Waals surface area contributed by atoms with Crippen LogP contribution in [0.15, 0.2) is 0 Å². The number of amides is 1. The molecule has 1 unspecified atom stereocenters. The number of aliphatic hydroxyl groups is 1. The number of aliphatic hydroxyl groups excluding tert-OH is 1. The lowest BCUT2D eigenvalue weighted by atomic mass is 10.1. The second-order valence-corrected chi connectivity index (χ2v) is 4.24. The highest BCUT2D eigenvalue weighted by Gasteiger charge is 2.18. The summed E-state index contributed by atoms with van der Waals surface area (Å²) in [7, 11) is 0. The maximum absolute atomic E-state index is 11.5. The Morgan fingerprint density at radius 1 is 1.47 bits per heavy atom. The van der Waals surface area contributed by atoms with Crippen molar-refractivity contribution in [3.8, 4) is 0 Å². The van der Waals surface area contributed by atoms with E-state index in [-0.39, 0.29) is 12.5 Å². The van der Waals surface area contributed by atoms with Crippen LogP contribution < -0.4 is 5.32 Å². The van der Waals surface area contributed by atoms with Gasteiger partial charge in [0.2, 0.25) is 5.91 Å². The molecule has 0 aromatic rings. The SMILES string of the molecule is CC1CCCCCN1CC(=O)NCCO. The molecule has 4 heteroatoms. The summed E-state index contributed by atoms with van der Waals surface area (Å²) in [4.78, 5) is 13.7. The van der Waals surface area contributed by atoms with E-state index >= 15 is 0 Å². The molecule has 0 aliphatic carbocycles. The van der Waals surface area contributed by atoms with Gasteiger partial charge in [-0.25, -0.2) is 0 Å². The van der Waals surface area contributed by atoms with E-state index in [4.69, 9.17) is 5.11 Å². The summed E-state index contributed by atoms with van der Waals surface area (Å²) in [5.74, 6) is 0.0257. The molecule has 4 nitrogen and oxygen atoms in total. The predicted octanol–water partition coefficient (Wildman–Crippen LogP) is 0.359. The summed E-state index contributed by atoms with van der Waals surface area (Å²) in [5.41, 5.74) is 0. The van der Waals surface area contributed by atoms with Gasteiger partial charge >= 0.3 is 0 Å². The molecule has 0 radical (unpaired) electrons. The normalized spacial score (nSPS) is 23.5. The van der Waals surface area contributed by atoms with E-state index in [9.17, 15) is 4.79 Å². The lowest BCUT2D eigenvalue weighted by Gasteiger charge is -2.25. The summed E-state index contributed by atoms with van der Waals surface area (Å²) in [6.07, 6.45) is 4.93. The average Bonchev–Trinajstić information content (AvgIpc) is 2.42. The van der Waals surface area contributed by atoms with Gasteiger partial charge in [-0.3, -0.25) is 9.69 Å². The largest absolute Gasteiger partial charge is 0.395 e. The van der Waals surface area contributed by atoms with Gasteiger partial charge in [0, 0.05) is 12.6 Å². The minimum atomic E-state index is 0.0152. The molecule has 1 rings (SSSR count). The van der Waals surface area contributed by atoms with E-state index in [0.717, 1.165) is 6.54 Å². The molecule has 0 bridgehead atoms. The number of carbonyl (C=O) groups is 1. The van der Waals surface area contributed by atoms with Crippen molar-refractivity contribution in [2.75, 3.05) is 26.2 Å². The quantitative estimate of drug-likeness (QED) is 0.710. The first-order chi connectivity index (χ1) is 7.24. The van der Waals surface area contributed by atoms with Crippen LogP contribution in [0.3, 0.4) is 0 Å². The molecule has 1 amide bonds. The molecule has 0 spiro atoms. The summed E-state index contributed by atoms with van der Waals surface area (Å²) < 4.78 is 0. The Morgan fingerprint density at radius 2 is 2.27 bits per heavy atom. The second kappa shape index (κ2) is 6.80. The van der Waals surface area contributed by atoms with Crippen LogP contribution in [0.1, 0.15) is 32.6 Å². The number of hydrogen-bond donors (Lipinski definition) is 2. The first kappa shape index (κ1) is 12.5. The molecule has 1 fully saturated rings. The molecule has 1 atom stereocenters. The summed E-state index contributed by atoms with van der Waals surface area (Å²) in [5, 5.41) is 11.3. The number of likely N-dealkylation sites (tertiary alicyclic amines) is 1. The number of carbonyl (C=O) groups excluding carboxylic acids is 1. The van der Waals surface area contributed by atoms with Crippen molar-refractivity contribution in [3.05, 3.63) is 0 Å². The third-order valence-corrected chi connectivity index (χ3v) is 2.97. The molecule has 88 valence electrons. The zero-order valence-electron chi connectivity index (χ0n) is 9.54. The highest BCUT2D eigenvalue weighted by Crippen LogP contribution is 2.15. The zero-order valence-corrected chi connectivity index (χ0v) is 9.54. The van der Waals surface area contributed by atoms with Crippen molar-refractivity contribution in [1.82, 2.24) is 10.2 Å². The molecule has 0 saturated carbocycles. The lowest BCUT2D eigenvalue weighted by molar-refractivity contribution is -0.122. The van der Waals surface area contributed by atoms with Crippen LogP contribution in [0.25, 0.3) is 0 Å². The van der Waals surface area contributed by atoms with Crippen molar-refractivity contribution in [2.24, 2.45) is 0 Å². The Hall–Kier alpha value is -0.610. The Labute approximate surface area is 91.6 Å². The monoisotopic (exact) mass is 214 g/mol. The smallest absolute Gasteiger partial charge is 0.234 e. The van der Waals surface area contributed by atoms with Crippen LogP contribution in [0, 0.1) is 0 Å². The molecule has 1 aliphatic heterocycles. The Kier molecular flexibility index (Phi) is 5.65. The third-order valence-electron chi connectivity index (χ3n) is 2.97. The van der Waals surface area contributed by atoms with Crippen LogP contribution >= 0.6 is 0 Å². The molecule has 1 saturated heterocycles.